The van der Waals surface area contributed by atoms with Crippen molar-refractivity contribution < 1.29 is 14.5 Å². The first-order chi connectivity index (χ1) is 9.13. The van der Waals surface area contributed by atoms with Crippen molar-refractivity contribution in [1.82, 2.24) is 9.55 Å². The van der Waals surface area contributed by atoms with Gasteiger partial charge in [0.25, 0.3) is 0 Å². The van der Waals surface area contributed by atoms with Crippen molar-refractivity contribution in [3.63, 3.8) is 0 Å². The molecule has 1 heterocycles. The first-order valence-corrected chi connectivity index (χ1v) is 5.42. The van der Waals surface area contributed by atoms with E-state index in [-0.39, 0.29) is 11.4 Å². The van der Waals surface area contributed by atoms with E-state index in [1.807, 2.05) is 0 Å². The molecule has 98 valence electrons. The molecule has 2 aromatic rings. The largest absolute Gasteiger partial charge is 0.490 e. The lowest BCUT2D eigenvalue weighted by molar-refractivity contribution is -0.385. The second-order valence-corrected chi connectivity index (χ2v) is 3.85. The minimum Gasteiger partial charge on any atom is -0.490 e. The molecular weight excluding hydrogens is 250 g/mol. The molecule has 1 aromatic carbocycles. The fourth-order valence-corrected chi connectivity index (χ4v) is 1.71. The van der Waals surface area contributed by atoms with Gasteiger partial charge in [-0.25, -0.2) is 4.98 Å². The molecule has 1 aromatic heterocycles. The van der Waals surface area contributed by atoms with Crippen LogP contribution in [-0.2, 0) is 6.54 Å². The van der Waals surface area contributed by atoms with Gasteiger partial charge in [0.05, 0.1) is 18.4 Å². The lowest BCUT2D eigenvalue weighted by Gasteiger charge is -2.05. The molecule has 0 N–H and O–H groups in total. The molecule has 0 unspecified atom stereocenters. The van der Waals surface area contributed by atoms with Crippen molar-refractivity contribution in [2.24, 2.45) is 0 Å². The summed E-state index contributed by atoms with van der Waals surface area (Å²) < 4.78 is 6.60. The highest BCUT2D eigenvalue weighted by molar-refractivity contribution is 5.70. The number of nitrogens with zero attached hydrogens (tertiary/aromatic N) is 3. The Bertz CT molecular complexity index is 621. The molecule has 0 amide bonds. The van der Waals surface area contributed by atoms with Crippen LogP contribution in [0.2, 0.25) is 0 Å². The number of hydrogen-bond donors (Lipinski definition) is 0. The Morgan fingerprint density at radius 1 is 1.53 bits per heavy atom. The van der Waals surface area contributed by atoms with Gasteiger partial charge in [-0.15, -0.1) is 0 Å². The summed E-state index contributed by atoms with van der Waals surface area (Å²) in [6.45, 7) is 0.395. The van der Waals surface area contributed by atoms with E-state index in [1.165, 1.54) is 19.5 Å². The van der Waals surface area contributed by atoms with E-state index >= 15 is 0 Å². The smallest absolute Gasteiger partial charge is 0.311 e. The maximum Gasteiger partial charge on any atom is 0.311 e. The van der Waals surface area contributed by atoms with E-state index in [0.717, 1.165) is 5.56 Å². The molecule has 0 aliphatic heterocycles. The van der Waals surface area contributed by atoms with Crippen molar-refractivity contribution in [1.29, 1.82) is 0 Å². The number of carbonyl (C=O) groups is 1. The molecule has 7 heteroatoms. The van der Waals surface area contributed by atoms with E-state index in [9.17, 15) is 14.9 Å². The average molecular weight is 261 g/mol. The van der Waals surface area contributed by atoms with Crippen LogP contribution in [0.3, 0.4) is 0 Å². The molecular formula is C12H11N3O4. The second kappa shape index (κ2) is 5.30. The highest BCUT2D eigenvalue weighted by Gasteiger charge is 2.15. The summed E-state index contributed by atoms with van der Waals surface area (Å²) in [5.74, 6) is 0.216. The second-order valence-electron chi connectivity index (χ2n) is 3.85. The molecule has 0 aliphatic carbocycles. The minimum absolute atomic E-state index is 0.0873. The van der Waals surface area contributed by atoms with Gasteiger partial charge in [0.2, 0.25) is 0 Å². The number of nitro groups is 1. The summed E-state index contributed by atoms with van der Waals surface area (Å²) in [5.41, 5.74) is 0.959. The number of nitro benzene ring substituents is 1. The maximum absolute atomic E-state index is 10.9. The van der Waals surface area contributed by atoms with E-state index in [4.69, 9.17) is 4.74 Å². The van der Waals surface area contributed by atoms with Crippen molar-refractivity contribution in [2.75, 3.05) is 7.11 Å². The lowest BCUT2D eigenvalue weighted by atomic mass is 10.2. The fraction of sp³-hybridized carbons (Fsp3) is 0.167. The topological polar surface area (TPSA) is 87.3 Å². The molecule has 0 bridgehead atoms. The summed E-state index contributed by atoms with van der Waals surface area (Å²) in [6.07, 6.45) is 3.72. The maximum atomic E-state index is 10.9. The van der Waals surface area contributed by atoms with E-state index < -0.39 is 4.92 Å². The Hall–Kier alpha value is -2.70. The third kappa shape index (κ3) is 2.76. The van der Waals surface area contributed by atoms with Crippen LogP contribution in [0.4, 0.5) is 5.69 Å². The number of aromatic nitrogens is 2. The van der Waals surface area contributed by atoms with Crippen molar-refractivity contribution >= 4 is 12.0 Å². The minimum atomic E-state index is -0.493. The quantitative estimate of drug-likeness (QED) is 0.464. The van der Waals surface area contributed by atoms with Gasteiger partial charge in [0.1, 0.15) is 5.69 Å². The number of benzene rings is 1. The number of carbonyl (C=O) groups excluding carboxylic acids is 1. The third-order valence-electron chi connectivity index (χ3n) is 2.58. The highest BCUT2D eigenvalue weighted by Crippen LogP contribution is 2.27. The predicted octanol–water partition coefficient (Wildman–Crippen LogP) is 1.66. The van der Waals surface area contributed by atoms with Crippen LogP contribution in [0.1, 0.15) is 16.1 Å². The van der Waals surface area contributed by atoms with E-state index in [2.05, 4.69) is 4.98 Å². The normalized spacial score (nSPS) is 10.2. The summed E-state index contributed by atoms with van der Waals surface area (Å²) in [6, 6.07) is 4.72. The van der Waals surface area contributed by atoms with Crippen LogP contribution in [0.25, 0.3) is 0 Å². The van der Waals surface area contributed by atoms with Gasteiger partial charge in [-0.2, -0.15) is 0 Å². The summed E-state index contributed by atoms with van der Waals surface area (Å²) in [5, 5.41) is 10.9. The van der Waals surface area contributed by atoms with Crippen LogP contribution < -0.4 is 4.74 Å². The van der Waals surface area contributed by atoms with Crippen LogP contribution in [0.5, 0.6) is 5.75 Å². The van der Waals surface area contributed by atoms with Gasteiger partial charge in [-0.3, -0.25) is 14.9 Å². The molecule has 7 nitrogen and oxygen atoms in total. The zero-order valence-electron chi connectivity index (χ0n) is 10.1. The molecule has 0 spiro atoms. The molecule has 0 radical (unpaired) electrons. The van der Waals surface area contributed by atoms with Gasteiger partial charge in [-0.1, -0.05) is 6.07 Å². The monoisotopic (exact) mass is 261 g/mol. The van der Waals surface area contributed by atoms with E-state index in [1.54, 1.807) is 22.9 Å². The van der Waals surface area contributed by atoms with Crippen LogP contribution >= 0.6 is 0 Å². The Labute approximate surface area is 108 Å². The Kier molecular flexibility index (Phi) is 3.56. The SMILES string of the molecule is COc1ccc(Cn2cnc(C=O)c2)cc1[N+](=O)[O-]. The molecule has 0 saturated carbocycles. The third-order valence-corrected chi connectivity index (χ3v) is 2.58. The summed E-state index contributed by atoms with van der Waals surface area (Å²) in [4.78, 5) is 24.8. The number of ether oxygens (including phenoxy) is 1. The molecule has 0 aliphatic rings. The van der Waals surface area contributed by atoms with Crippen molar-refractivity contribution in [2.45, 2.75) is 6.54 Å². The molecule has 19 heavy (non-hydrogen) atoms. The number of imidazole rings is 1. The molecule has 2 rings (SSSR count). The zero-order valence-corrected chi connectivity index (χ0v) is 10.1. The fourth-order valence-electron chi connectivity index (χ4n) is 1.71. The Morgan fingerprint density at radius 3 is 2.89 bits per heavy atom. The number of aldehydes is 1. The molecule has 0 fully saturated rings. The number of methoxy groups -OCH3 is 1. The number of rotatable bonds is 5. The first-order valence-electron chi connectivity index (χ1n) is 5.42. The Balaban J connectivity index is 2.28. The van der Waals surface area contributed by atoms with Gasteiger partial charge >= 0.3 is 5.69 Å². The summed E-state index contributed by atoms with van der Waals surface area (Å²) >= 11 is 0. The van der Waals surface area contributed by atoms with Crippen LogP contribution in [0, 0.1) is 10.1 Å². The van der Waals surface area contributed by atoms with Gasteiger partial charge in [0.15, 0.2) is 12.0 Å². The lowest BCUT2D eigenvalue weighted by Crippen LogP contribution is -1.99. The van der Waals surface area contributed by atoms with Gasteiger partial charge in [0, 0.05) is 18.8 Å². The Morgan fingerprint density at radius 2 is 2.32 bits per heavy atom. The van der Waals surface area contributed by atoms with E-state index in [0.29, 0.717) is 18.5 Å². The molecule has 0 saturated heterocycles. The standard InChI is InChI=1S/C12H11N3O4/c1-19-12-3-2-9(4-11(12)15(17)18)5-14-6-10(7-16)13-8-14/h2-4,6-8H,5H2,1H3. The van der Waals surface area contributed by atoms with Gasteiger partial charge in [-0.05, 0) is 11.6 Å². The zero-order chi connectivity index (χ0) is 13.8. The molecule has 0 atom stereocenters. The first kappa shape index (κ1) is 12.7. The average Bonchev–Trinajstić information content (AvgIpc) is 2.86. The predicted molar refractivity (Wildman–Crippen MR) is 66.4 cm³/mol. The van der Waals surface area contributed by atoms with Crippen LogP contribution in [-0.4, -0.2) is 27.9 Å². The van der Waals surface area contributed by atoms with Crippen LogP contribution in [0.15, 0.2) is 30.7 Å². The van der Waals surface area contributed by atoms with Gasteiger partial charge < -0.3 is 9.30 Å². The van der Waals surface area contributed by atoms with Crippen molar-refractivity contribution in [3.8, 4) is 5.75 Å². The van der Waals surface area contributed by atoms with Crippen molar-refractivity contribution in [3.05, 3.63) is 52.1 Å². The highest BCUT2D eigenvalue weighted by atomic mass is 16.6. The number of hydrogen-bond acceptors (Lipinski definition) is 5. The summed E-state index contributed by atoms with van der Waals surface area (Å²) in [7, 11) is 1.38.